The minimum atomic E-state index is -0.332. The molecule has 2 amide bonds. The number of ether oxygens (including phenoxy) is 2. The van der Waals surface area contributed by atoms with Crippen molar-refractivity contribution in [1.82, 2.24) is 4.90 Å². The van der Waals surface area contributed by atoms with E-state index in [1.807, 2.05) is 6.92 Å². The van der Waals surface area contributed by atoms with E-state index in [9.17, 15) is 9.59 Å². The molecule has 180 valence electrons. The van der Waals surface area contributed by atoms with Crippen LogP contribution in [0.5, 0.6) is 11.5 Å². The van der Waals surface area contributed by atoms with Gasteiger partial charge in [0.15, 0.2) is 18.1 Å². The van der Waals surface area contributed by atoms with Crippen molar-refractivity contribution in [3.8, 4) is 11.5 Å². The molecule has 1 aromatic heterocycles. The second-order valence-corrected chi connectivity index (χ2v) is 9.59. The molecule has 0 bridgehead atoms. The second kappa shape index (κ2) is 11.0. The molecule has 0 radical (unpaired) electrons. The van der Waals surface area contributed by atoms with Crippen molar-refractivity contribution in [3.63, 3.8) is 0 Å². The molecule has 1 N–H and O–H groups in total. The van der Waals surface area contributed by atoms with Crippen LogP contribution in [0.1, 0.15) is 16.9 Å². The minimum absolute atomic E-state index is 0.191. The van der Waals surface area contributed by atoms with Crippen molar-refractivity contribution < 1.29 is 23.5 Å². The van der Waals surface area contributed by atoms with Gasteiger partial charge in [0, 0.05) is 10.7 Å². The molecular weight excluding hydrogens is 508 g/mol. The molecule has 2 aromatic carbocycles. The van der Waals surface area contributed by atoms with Crippen LogP contribution in [0.25, 0.3) is 6.08 Å². The summed E-state index contributed by atoms with van der Waals surface area (Å²) in [7, 11) is 1.50. The predicted molar refractivity (Wildman–Crippen MR) is 141 cm³/mol. The van der Waals surface area contributed by atoms with Gasteiger partial charge in [-0.05, 0) is 60.5 Å². The summed E-state index contributed by atoms with van der Waals surface area (Å²) in [6, 6.07) is 14.0. The molecule has 7 nitrogen and oxygen atoms in total. The lowest BCUT2D eigenvalue weighted by molar-refractivity contribution is -0.122. The number of carbonyl (C=O) groups is 2. The zero-order valence-corrected chi connectivity index (χ0v) is 21.3. The summed E-state index contributed by atoms with van der Waals surface area (Å²) >= 11 is 12.7. The Kier molecular flexibility index (Phi) is 7.80. The van der Waals surface area contributed by atoms with Crippen molar-refractivity contribution >= 4 is 63.5 Å². The molecule has 2 heterocycles. The Morgan fingerprint density at radius 3 is 2.80 bits per heavy atom. The average molecular weight is 529 g/mol. The van der Waals surface area contributed by atoms with Crippen molar-refractivity contribution in [1.29, 1.82) is 0 Å². The van der Waals surface area contributed by atoms with Crippen LogP contribution in [-0.2, 0) is 16.1 Å². The first-order valence-corrected chi connectivity index (χ1v) is 12.1. The van der Waals surface area contributed by atoms with Gasteiger partial charge < -0.3 is 19.2 Å². The largest absolute Gasteiger partial charge is 0.493 e. The number of halogens is 1. The third-order valence-corrected chi connectivity index (χ3v) is 6.94. The van der Waals surface area contributed by atoms with E-state index in [1.54, 1.807) is 60.9 Å². The van der Waals surface area contributed by atoms with E-state index in [1.165, 1.54) is 23.8 Å². The standard InChI is InChI=1S/C25H21ClN2O5S2/c1-15-18(26)6-3-7-19(15)27-23(29)14-33-20-9-8-16(11-21(20)31-2)12-22-24(30)28(25(34)35-22)13-17-5-4-10-32-17/h3-12H,13-14H2,1-2H3,(H,27,29)/b22-12-. The van der Waals surface area contributed by atoms with E-state index in [-0.39, 0.29) is 25.0 Å². The number of amides is 2. The fourth-order valence-corrected chi connectivity index (χ4v) is 4.74. The lowest BCUT2D eigenvalue weighted by atomic mass is 10.2. The summed E-state index contributed by atoms with van der Waals surface area (Å²) in [5.74, 6) is 0.954. The molecule has 1 aliphatic rings. The number of hydrogen-bond donors (Lipinski definition) is 1. The van der Waals surface area contributed by atoms with E-state index in [0.29, 0.717) is 37.2 Å². The molecule has 0 aliphatic carbocycles. The van der Waals surface area contributed by atoms with Crippen LogP contribution in [0.4, 0.5) is 5.69 Å². The molecule has 1 fully saturated rings. The zero-order chi connectivity index (χ0) is 24.9. The van der Waals surface area contributed by atoms with E-state index in [4.69, 9.17) is 37.7 Å². The van der Waals surface area contributed by atoms with Crippen molar-refractivity contribution in [2.24, 2.45) is 0 Å². The molecule has 0 spiro atoms. The Balaban J connectivity index is 1.42. The van der Waals surface area contributed by atoms with Crippen LogP contribution in [0, 0.1) is 6.92 Å². The quantitative estimate of drug-likeness (QED) is 0.298. The summed E-state index contributed by atoms with van der Waals surface area (Å²) in [6.07, 6.45) is 3.29. The number of anilines is 1. The number of methoxy groups -OCH3 is 1. The highest BCUT2D eigenvalue weighted by atomic mass is 35.5. The lowest BCUT2D eigenvalue weighted by Gasteiger charge is -2.13. The summed E-state index contributed by atoms with van der Waals surface area (Å²) in [6.45, 7) is 1.89. The second-order valence-electron chi connectivity index (χ2n) is 7.51. The Morgan fingerprint density at radius 1 is 1.23 bits per heavy atom. The van der Waals surface area contributed by atoms with Crippen molar-refractivity contribution in [2.75, 3.05) is 19.0 Å². The van der Waals surface area contributed by atoms with Gasteiger partial charge in [-0.3, -0.25) is 14.5 Å². The molecule has 0 atom stereocenters. The number of nitrogens with one attached hydrogen (secondary N) is 1. The number of thioether (sulfide) groups is 1. The Bertz CT molecular complexity index is 1310. The highest BCUT2D eigenvalue weighted by Crippen LogP contribution is 2.35. The molecule has 1 saturated heterocycles. The van der Waals surface area contributed by atoms with Gasteiger partial charge in [0.25, 0.3) is 11.8 Å². The summed E-state index contributed by atoms with van der Waals surface area (Å²) in [5.41, 5.74) is 2.13. The maximum absolute atomic E-state index is 12.8. The maximum Gasteiger partial charge on any atom is 0.266 e. The lowest BCUT2D eigenvalue weighted by Crippen LogP contribution is -2.27. The van der Waals surface area contributed by atoms with E-state index >= 15 is 0 Å². The number of thiocarbonyl (C=S) groups is 1. The maximum atomic E-state index is 12.8. The number of hydrogen-bond acceptors (Lipinski definition) is 7. The smallest absolute Gasteiger partial charge is 0.266 e. The van der Waals surface area contributed by atoms with Gasteiger partial charge in [-0.1, -0.05) is 47.7 Å². The molecule has 0 saturated carbocycles. The summed E-state index contributed by atoms with van der Waals surface area (Å²) in [5, 5.41) is 3.35. The molecule has 3 aromatic rings. The van der Waals surface area contributed by atoms with Gasteiger partial charge in [-0.2, -0.15) is 0 Å². The van der Waals surface area contributed by atoms with Crippen molar-refractivity contribution in [2.45, 2.75) is 13.5 Å². The van der Waals surface area contributed by atoms with Gasteiger partial charge in [0.05, 0.1) is 24.8 Å². The van der Waals surface area contributed by atoms with Crippen LogP contribution < -0.4 is 14.8 Å². The zero-order valence-electron chi connectivity index (χ0n) is 18.9. The molecular formula is C25H21ClN2O5S2. The van der Waals surface area contributed by atoms with Crippen LogP contribution in [0.15, 0.2) is 64.1 Å². The van der Waals surface area contributed by atoms with E-state index in [2.05, 4.69) is 5.32 Å². The first-order valence-electron chi connectivity index (χ1n) is 10.5. The van der Waals surface area contributed by atoms with Crippen molar-refractivity contribution in [3.05, 3.63) is 81.6 Å². The first-order chi connectivity index (χ1) is 16.9. The molecule has 35 heavy (non-hydrogen) atoms. The molecule has 0 unspecified atom stereocenters. The number of carbonyl (C=O) groups excluding carboxylic acids is 2. The first kappa shape index (κ1) is 24.8. The highest BCUT2D eigenvalue weighted by molar-refractivity contribution is 8.26. The van der Waals surface area contributed by atoms with Crippen LogP contribution >= 0.6 is 35.6 Å². The molecule has 1 aliphatic heterocycles. The fourth-order valence-electron chi connectivity index (χ4n) is 3.31. The monoisotopic (exact) mass is 528 g/mol. The predicted octanol–water partition coefficient (Wildman–Crippen LogP) is 5.67. The highest BCUT2D eigenvalue weighted by Gasteiger charge is 2.32. The topological polar surface area (TPSA) is 81.0 Å². The van der Waals surface area contributed by atoms with Crippen LogP contribution in [0.2, 0.25) is 5.02 Å². The minimum Gasteiger partial charge on any atom is -0.493 e. The fraction of sp³-hybridized carbons (Fsp3) is 0.160. The third kappa shape index (κ3) is 5.87. The number of benzene rings is 2. The third-order valence-electron chi connectivity index (χ3n) is 5.15. The average Bonchev–Trinajstić information content (AvgIpc) is 3.45. The van der Waals surface area contributed by atoms with Crippen LogP contribution in [0.3, 0.4) is 0 Å². The number of nitrogens with zero attached hydrogens (tertiary/aromatic N) is 1. The van der Waals surface area contributed by atoms with E-state index in [0.717, 1.165) is 11.1 Å². The Morgan fingerprint density at radius 2 is 2.06 bits per heavy atom. The Labute approximate surface area is 217 Å². The van der Waals surface area contributed by atoms with Gasteiger partial charge in [-0.25, -0.2) is 0 Å². The number of rotatable bonds is 8. The Hall–Kier alpha value is -3.27. The van der Waals surface area contributed by atoms with Crippen LogP contribution in [-0.4, -0.2) is 34.8 Å². The summed E-state index contributed by atoms with van der Waals surface area (Å²) in [4.78, 5) is 27.2. The van der Waals surface area contributed by atoms with Gasteiger partial charge >= 0.3 is 0 Å². The summed E-state index contributed by atoms with van der Waals surface area (Å²) < 4.78 is 16.9. The van der Waals surface area contributed by atoms with Gasteiger partial charge in [0.1, 0.15) is 10.1 Å². The van der Waals surface area contributed by atoms with E-state index < -0.39 is 0 Å². The number of furan rings is 1. The normalized spacial score (nSPS) is 14.5. The molecule has 10 heteroatoms. The van der Waals surface area contributed by atoms with Gasteiger partial charge in [0.2, 0.25) is 0 Å². The van der Waals surface area contributed by atoms with Gasteiger partial charge in [-0.15, -0.1) is 0 Å². The molecule has 4 rings (SSSR count). The SMILES string of the molecule is COc1cc(/C=C2\SC(=S)N(Cc3ccco3)C2=O)ccc1OCC(=O)Nc1cccc(Cl)c1C.